The van der Waals surface area contributed by atoms with Gasteiger partial charge in [0.15, 0.2) is 0 Å². The van der Waals surface area contributed by atoms with Crippen LogP contribution in [0.5, 0.6) is 0 Å². The van der Waals surface area contributed by atoms with E-state index in [1.807, 2.05) is 12.1 Å². The molecule has 1 atom stereocenters. The summed E-state index contributed by atoms with van der Waals surface area (Å²) in [7, 11) is 0. The molecular weight excluding hydrogens is 150 g/mol. The first-order valence-electron chi connectivity index (χ1n) is 4.58. The summed E-state index contributed by atoms with van der Waals surface area (Å²) in [6, 6.07) is 4.49. The van der Waals surface area contributed by atoms with Crippen molar-refractivity contribution in [3.63, 3.8) is 0 Å². The summed E-state index contributed by atoms with van der Waals surface area (Å²) >= 11 is 0. The zero-order valence-electron chi connectivity index (χ0n) is 7.84. The van der Waals surface area contributed by atoms with E-state index in [9.17, 15) is 0 Å². The number of nitrogens with one attached hydrogen (secondary N) is 1. The number of hydrogen-bond acceptors (Lipinski definition) is 2. The van der Waals surface area contributed by atoms with Gasteiger partial charge >= 0.3 is 0 Å². The largest absolute Gasteiger partial charge is 0.468 e. The maximum atomic E-state index is 5.20. The quantitative estimate of drug-likeness (QED) is 0.729. The Balaban J connectivity index is 2.17. The minimum Gasteiger partial charge on any atom is -0.468 e. The predicted molar refractivity (Wildman–Crippen MR) is 49.9 cm³/mol. The molecule has 0 aliphatic carbocycles. The Morgan fingerprint density at radius 3 is 3.00 bits per heavy atom. The van der Waals surface area contributed by atoms with Crippen LogP contribution in [0.3, 0.4) is 0 Å². The average Bonchev–Trinajstić information content (AvgIpc) is 2.53. The van der Waals surface area contributed by atoms with E-state index in [0.717, 1.165) is 12.3 Å². The van der Waals surface area contributed by atoms with Gasteiger partial charge in [0.2, 0.25) is 0 Å². The van der Waals surface area contributed by atoms with Crippen LogP contribution < -0.4 is 5.32 Å². The van der Waals surface area contributed by atoms with Crippen LogP contribution in [0.4, 0.5) is 0 Å². The van der Waals surface area contributed by atoms with Crippen molar-refractivity contribution in [1.29, 1.82) is 0 Å². The number of hydrogen-bond donors (Lipinski definition) is 1. The molecule has 1 rings (SSSR count). The molecule has 1 aromatic rings. The van der Waals surface area contributed by atoms with Gasteiger partial charge in [-0.05, 0) is 25.5 Å². The summed E-state index contributed by atoms with van der Waals surface area (Å²) < 4.78 is 5.20. The molecule has 0 bridgehead atoms. The van der Waals surface area contributed by atoms with Crippen molar-refractivity contribution in [3.05, 3.63) is 24.2 Å². The van der Waals surface area contributed by atoms with Crippen molar-refractivity contribution >= 4 is 0 Å². The van der Waals surface area contributed by atoms with Crippen LogP contribution in [0, 0.1) is 0 Å². The zero-order chi connectivity index (χ0) is 8.81. The molecule has 0 saturated carbocycles. The van der Waals surface area contributed by atoms with E-state index < -0.39 is 0 Å². The lowest BCUT2D eigenvalue weighted by Crippen LogP contribution is -2.24. The summed E-state index contributed by atoms with van der Waals surface area (Å²) in [6.07, 6.45) is 4.16. The number of furan rings is 1. The molecule has 1 heterocycles. The van der Waals surface area contributed by atoms with Crippen LogP contribution in [0.15, 0.2) is 22.8 Å². The van der Waals surface area contributed by atoms with E-state index in [-0.39, 0.29) is 0 Å². The molecule has 0 spiro atoms. The lowest BCUT2D eigenvalue weighted by atomic mass is 10.2. The molecule has 0 aliphatic heterocycles. The molecule has 0 saturated heterocycles. The first-order chi connectivity index (χ1) is 5.83. The molecule has 68 valence electrons. The van der Waals surface area contributed by atoms with Gasteiger partial charge in [-0.25, -0.2) is 0 Å². The summed E-state index contributed by atoms with van der Waals surface area (Å²) in [4.78, 5) is 0. The Bertz CT molecular complexity index is 194. The van der Waals surface area contributed by atoms with Gasteiger partial charge in [-0.3, -0.25) is 0 Å². The molecule has 0 fully saturated rings. The van der Waals surface area contributed by atoms with E-state index in [4.69, 9.17) is 4.42 Å². The molecule has 12 heavy (non-hydrogen) atoms. The maximum Gasteiger partial charge on any atom is 0.117 e. The van der Waals surface area contributed by atoms with Gasteiger partial charge in [0.05, 0.1) is 12.8 Å². The van der Waals surface area contributed by atoms with Crippen molar-refractivity contribution in [3.8, 4) is 0 Å². The van der Waals surface area contributed by atoms with E-state index in [2.05, 4.69) is 19.2 Å². The Morgan fingerprint density at radius 1 is 1.58 bits per heavy atom. The van der Waals surface area contributed by atoms with Gasteiger partial charge in [0.1, 0.15) is 5.76 Å². The fraction of sp³-hybridized carbons (Fsp3) is 0.600. The van der Waals surface area contributed by atoms with E-state index in [1.54, 1.807) is 6.26 Å². The van der Waals surface area contributed by atoms with Crippen molar-refractivity contribution < 1.29 is 4.42 Å². The molecule has 2 heteroatoms. The number of rotatable bonds is 5. The van der Waals surface area contributed by atoms with Gasteiger partial charge in [0, 0.05) is 6.04 Å². The van der Waals surface area contributed by atoms with Gasteiger partial charge < -0.3 is 9.73 Å². The lowest BCUT2D eigenvalue weighted by molar-refractivity contribution is 0.441. The third-order valence-electron chi connectivity index (χ3n) is 1.93. The van der Waals surface area contributed by atoms with E-state index in [1.165, 1.54) is 12.8 Å². The van der Waals surface area contributed by atoms with Crippen LogP contribution in [0.25, 0.3) is 0 Å². The third kappa shape index (κ3) is 3.09. The smallest absolute Gasteiger partial charge is 0.117 e. The molecule has 1 N–H and O–H groups in total. The molecule has 2 nitrogen and oxygen atoms in total. The van der Waals surface area contributed by atoms with Crippen LogP contribution >= 0.6 is 0 Å². The summed E-state index contributed by atoms with van der Waals surface area (Å²) in [5.41, 5.74) is 0. The summed E-state index contributed by atoms with van der Waals surface area (Å²) in [5, 5.41) is 3.39. The fourth-order valence-electron chi connectivity index (χ4n) is 1.22. The molecule has 1 unspecified atom stereocenters. The summed E-state index contributed by atoms with van der Waals surface area (Å²) in [6.45, 7) is 5.24. The Kier molecular flexibility index (Phi) is 3.88. The molecule has 1 aromatic heterocycles. The highest BCUT2D eigenvalue weighted by Crippen LogP contribution is 2.01. The van der Waals surface area contributed by atoms with Crippen molar-refractivity contribution in [2.75, 3.05) is 0 Å². The topological polar surface area (TPSA) is 25.2 Å². The average molecular weight is 167 g/mol. The van der Waals surface area contributed by atoms with Gasteiger partial charge in [0.25, 0.3) is 0 Å². The second-order valence-electron chi connectivity index (χ2n) is 3.15. The molecule has 0 radical (unpaired) electrons. The maximum absolute atomic E-state index is 5.20. The monoisotopic (exact) mass is 167 g/mol. The van der Waals surface area contributed by atoms with Gasteiger partial charge in [-0.15, -0.1) is 0 Å². The highest BCUT2D eigenvalue weighted by molar-refractivity contribution is 4.97. The molecular formula is C10H17NO. The second kappa shape index (κ2) is 4.99. The standard InChI is InChI=1S/C10H17NO/c1-3-5-9(2)11-8-10-6-4-7-12-10/h4,6-7,9,11H,3,5,8H2,1-2H3. The van der Waals surface area contributed by atoms with Crippen LogP contribution in [0.1, 0.15) is 32.4 Å². The normalized spacial score (nSPS) is 13.2. The summed E-state index contributed by atoms with van der Waals surface area (Å²) in [5.74, 6) is 1.01. The van der Waals surface area contributed by atoms with Gasteiger partial charge in [-0.2, -0.15) is 0 Å². The third-order valence-corrected chi connectivity index (χ3v) is 1.93. The van der Waals surface area contributed by atoms with Crippen LogP contribution in [0.2, 0.25) is 0 Å². The zero-order valence-corrected chi connectivity index (χ0v) is 7.84. The minimum atomic E-state index is 0.583. The Labute approximate surface area is 74.0 Å². The lowest BCUT2D eigenvalue weighted by Gasteiger charge is -2.10. The van der Waals surface area contributed by atoms with Crippen LogP contribution in [-0.4, -0.2) is 6.04 Å². The molecule has 0 aliphatic rings. The SMILES string of the molecule is CCCC(C)NCc1ccco1. The first-order valence-corrected chi connectivity index (χ1v) is 4.58. The Morgan fingerprint density at radius 2 is 2.42 bits per heavy atom. The second-order valence-corrected chi connectivity index (χ2v) is 3.15. The fourth-order valence-corrected chi connectivity index (χ4v) is 1.22. The first kappa shape index (κ1) is 9.33. The van der Waals surface area contributed by atoms with Crippen molar-refractivity contribution in [1.82, 2.24) is 5.32 Å². The van der Waals surface area contributed by atoms with E-state index in [0.29, 0.717) is 6.04 Å². The Hall–Kier alpha value is -0.760. The highest BCUT2D eigenvalue weighted by Gasteiger charge is 2.00. The van der Waals surface area contributed by atoms with Crippen molar-refractivity contribution in [2.24, 2.45) is 0 Å². The minimum absolute atomic E-state index is 0.583. The highest BCUT2D eigenvalue weighted by atomic mass is 16.3. The predicted octanol–water partition coefficient (Wildman–Crippen LogP) is 2.56. The van der Waals surface area contributed by atoms with Crippen LogP contribution in [-0.2, 0) is 6.54 Å². The van der Waals surface area contributed by atoms with Gasteiger partial charge in [-0.1, -0.05) is 13.3 Å². The molecule has 0 amide bonds. The van der Waals surface area contributed by atoms with Crippen molar-refractivity contribution in [2.45, 2.75) is 39.3 Å². The molecule has 0 aromatic carbocycles. The van der Waals surface area contributed by atoms with E-state index >= 15 is 0 Å².